The van der Waals surface area contributed by atoms with Crippen LogP contribution in [0.1, 0.15) is 30.6 Å². The molecule has 2 aromatic carbocycles. The van der Waals surface area contributed by atoms with Crippen molar-refractivity contribution in [3.05, 3.63) is 59.7 Å². The zero-order chi connectivity index (χ0) is 16.3. The summed E-state index contributed by atoms with van der Waals surface area (Å²) in [6.45, 7) is 2.01. The van der Waals surface area contributed by atoms with E-state index in [1.165, 1.54) is 0 Å². The third kappa shape index (κ3) is 3.76. The highest BCUT2D eigenvalue weighted by atomic mass is 32.2. The largest absolute Gasteiger partial charge is 0.338 e. The fourth-order valence-electron chi connectivity index (χ4n) is 2.57. The van der Waals surface area contributed by atoms with Crippen molar-refractivity contribution < 1.29 is 12.9 Å². The average molecular weight is 330 g/mol. The van der Waals surface area contributed by atoms with Crippen LogP contribution >= 0.6 is 0 Å². The van der Waals surface area contributed by atoms with Crippen molar-refractivity contribution in [1.82, 2.24) is 10.1 Å². The monoisotopic (exact) mass is 330 g/mol. The van der Waals surface area contributed by atoms with Crippen LogP contribution in [0.25, 0.3) is 10.8 Å². The molecule has 0 saturated carbocycles. The SMILES string of the molecule is CCCc1noc(CS(=O)(=O)Cc2cccc3ccccc23)n1. The highest BCUT2D eigenvalue weighted by molar-refractivity contribution is 7.89. The molecule has 0 aliphatic heterocycles. The number of hydrogen-bond acceptors (Lipinski definition) is 5. The number of sulfone groups is 1. The zero-order valence-corrected chi connectivity index (χ0v) is 13.7. The minimum absolute atomic E-state index is 0.0418. The first-order valence-corrected chi connectivity index (χ1v) is 9.38. The Labute approximate surface area is 135 Å². The van der Waals surface area contributed by atoms with Crippen LogP contribution in [0.2, 0.25) is 0 Å². The van der Waals surface area contributed by atoms with Gasteiger partial charge in [0.2, 0.25) is 5.89 Å². The summed E-state index contributed by atoms with van der Waals surface area (Å²) in [6, 6.07) is 13.4. The Morgan fingerprint density at radius 1 is 1.04 bits per heavy atom. The first-order chi connectivity index (χ1) is 11.1. The van der Waals surface area contributed by atoms with Crippen LogP contribution in [-0.2, 0) is 27.8 Å². The summed E-state index contributed by atoms with van der Waals surface area (Å²) in [7, 11) is -3.38. The van der Waals surface area contributed by atoms with Crippen molar-refractivity contribution in [3.8, 4) is 0 Å². The van der Waals surface area contributed by atoms with E-state index >= 15 is 0 Å². The quantitative estimate of drug-likeness (QED) is 0.693. The van der Waals surface area contributed by atoms with E-state index < -0.39 is 9.84 Å². The average Bonchev–Trinajstić information content (AvgIpc) is 2.94. The first-order valence-electron chi connectivity index (χ1n) is 7.56. The minimum atomic E-state index is -3.38. The second-order valence-corrected chi connectivity index (χ2v) is 7.59. The van der Waals surface area contributed by atoms with Gasteiger partial charge in [-0.3, -0.25) is 0 Å². The fraction of sp³-hybridized carbons (Fsp3) is 0.294. The molecule has 0 aliphatic carbocycles. The predicted octanol–water partition coefficient (Wildman–Crippen LogP) is 3.29. The Kier molecular flexibility index (Phi) is 4.43. The molecule has 0 saturated heterocycles. The summed E-state index contributed by atoms with van der Waals surface area (Å²) in [5, 5.41) is 5.78. The van der Waals surface area contributed by atoms with Gasteiger partial charge < -0.3 is 4.52 Å². The maximum absolute atomic E-state index is 12.5. The van der Waals surface area contributed by atoms with Gasteiger partial charge in [-0.25, -0.2) is 8.42 Å². The molecule has 0 radical (unpaired) electrons. The van der Waals surface area contributed by atoms with Crippen LogP contribution in [0.5, 0.6) is 0 Å². The lowest BCUT2D eigenvalue weighted by atomic mass is 10.1. The molecule has 0 spiro atoms. The summed E-state index contributed by atoms with van der Waals surface area (Å²) in [6.07, 6.45) is 1.58. The van der Waals surface area contributed by atoms with Crippen molar-refractivity contribution in [2.75, 3.05) is 0 Å². The molecule has 120 valence electrons. The molecule has 0 atom stereocenters. The van der Waals surface area contributed by atoms with Crippen molar-refractivity contribution in [2.45, 2.75) is 31.3 Å². The third-order valence-electron chi connectivity index (χ3n) is 3.58. The summed E-state index contributed by atoms with van der Waals surface area (Å²) in [5.41, 5.74) is 0.788. The number of fused-ring (bicyclic) bond motifs is 1. The van der Waals surface area contributed by atoms with Crippen LogP contribution in [-0.4, -0.2) is 18.6 Å². The minimum Gasteiger partial charge on any atom is -0.338 e. The van der Waals surface area contributed by atoms with E-state index in [0.717, 1.165) is 22.8 Å². The van der Waals surface area contributed by atoms with Crippen LogP contribution < -0.4 is 0 Å². The van der Waals surface area contributed by atoms with Gasteiger partial charge in [-0.1, -0.05) is 54.5 Å². The molecule has 23 heavy (non-hydrogen) atoms. The van der Waals surface area contributed by atoms with E-state index in [0.29, 0.717) is 12.2 Å². The Bertz CT molecular complexity index is 911. The maximum atomic E-state index is 12.5. The van der Waals surface area contributed by atoms with Gasteiger partial charge in [-0.2, -0.15) is 4.98 Å². The molecule has 0 aliphatic rings. The molecule has 1 heterocycles. The highest BCUT2D eigenvalue weighted by Crippen LogP contribution is 2.21. The van der Waals surface area contributed by atoms with Crippen molar-refractivity contribution in [1.29, 1.82) is 0 Å². The van der Waals surface area contributed by atoms with Gasteiger partial charge in [-0.05, 0) is 22.8 Å². The first kappa shape index (κ1) is 15.7. The molecule has 0 N–H and O–H groups in total. The maximum Gasteiger partial charge on any atom is 0.241 e. The Morgan fingerprint density at radius 3 is 2.65 bits per heavy atom. The van der Waals surface area contributed by atoms with Gasteiger partial charge in [0.25, 0.3) is 0 Å². The molecule has 6 heteroatoms. The molecule has 0 bridgehead atoms. The number of hydrogen-bond donors (Lipinski definition) is 0. The highest BCUT2D eigenvalue weighted by Gasteiger charge is 2.19. The molecular formula is C17H18N2O3S. The lowest BCUT2D eigenvalue weighted by Gasteiger charge is -2.06. The van der Waals surface area contributed by atoms with Crippen LogP contribution in [0.3, 0.4) is 0 Å². The molecule has 0 fully saturated rings. The standard InChI is InChI=1S/C17H18N2O3S/c1-2-6-16-18-17(22-19-16)12-23(20,21)11-14-9-5-8-13-7-3-4-10-15(13)14/h3-5,7-10H,2,6,11-12H2,1H3. The van der Waals surface area contributed by atoms with Gasteiger partial charge in [-0.15, -0.1) is 0 Å². The molecule has 3 rings (SSSR count). The number of nitrogens with zero attached hydrogens (tertiary/aromatic N) is 2. The topological polar surface area (TPSA) is 73.1 Å². The lowest BCUT2D eigenvalue weighted by molar-refractivity contribution is 0.382. The number of aryl methyl sites for hydroxylation is 1. The number of benzene rings is 2. The summed E-state index contributed by atoms with van der Waals surface area (Å²) < 4.78 is 29.9. The van der Waals surface area contributed by atoms with E-state index in [1.807, 2.05) is 49.4 Å². The van der Waals surface area contributed by atoms with Crippen LogP contribution in [0, 0.1) is 0 Å². The Morgan fingerprint density at radius 2 is 1.83 bits per heavy atom. The van der Waals surface area contributed by atoms with E-state index in [2.05, 4.69) is 10.1 Å². The molecule has 0 amide bonds. The Hall–Kier alpha value is -2.21. The molecule has 5 nitrogen and oxygen atoms in total. The van der Waals surface area contributed by atoms with E-state index in [-0.39, 0.29) is 17.4 Å². The second kappa shape index (κ2) is 6.50. The van der Waals surface area contributed by atoms with Crippen molar-refractivity contribution >= 4 is 20.6 Å². The van der Waals surface area contributed by atoms with E-state index in [1.54, 1.807) is 0 Å². The molecular weight excluding hydrogens is 312 g/mol. The summed E-state index contributed by atoms with van der Waals surface area (Å²) >= 11 is 0. The zero-order valence-electron chi connectivity index (χ0n) is 12.9. The second-order valence-electron chi connectivity index (χ2n) is 5.52. The molecule has 0 unspecified atom stereocenters. The molecule has 1 aromatic heterocycles. The van der Waals surface area contributed by atoms with Gasteiger partial charge in [0, 0.05) is 6.42 Å². The van der Waals surface area contributed by atoms with Gasteiger partial charge in [0.15, 0.2) is 15.7 Å². The van der Waals surface area contributed by atoms with Crippen LogP contribution in [0.15, 0.2) is 47.0 Å². The van der Waals surface area contributed by atoms with E-state index in [9.17, 15) is 8.42 Å². The molecule has 3 aromatic rings. The lowest BCUT2D eigenvalue weighted by Crippen LogP contribution is -2.08. The normalized spacial score (nSPS) is 11.9. The smallest absolute Gasteiger partial charge is 0.241 e. The summed E-state index contributed by atoms with van der Waals surface area (Å²) in [5.74, 6) is 0.448. The number of rotatable bonds is 6. The van der Waals surface area contributed by atoms with Gasteiger partial charge in [0.05, 0.1) is 5.75 Å². The summed E-state index contributed by atoms with van der Waals surface area (Å²) in [4.78, 5) is 4.13. The Balaban J connectivity index is 1.82. The van der Waals surface area contributed by atoms with Gasteiger partial charge in [0.1, 0.15) is 5.75 Å². The van der Waals surface area contributed by atoms with Crippen LogP contribution in [0.4, 0.5) is 0 Å². The fourth-order valence-corrected chi connectivity index (χ4v) is 3.89. The van der Waals surface area contributed by atoms with E-state index in [4.69, 9.17) is 4.52 Å². The van der Waals surface area contributed by atoms with Gasteiger partial charge >= 0.3 is 0 Å². The van der Waals surface area contributed by atoms with Crippen molar-refractivity contribution in [2.24, 2.45) is 0 Å². The van der Waals surface area contributed by atoms with Crippen molar-refractivity contribution in [3.63, 3.8) is 0 Å². The predicted molar refractivity (Wildman–Crippen MR) is 88.6 cm³/mol. The third-order valence-corrected chi connectivity index (χ3v) is 5.02. The number of aromatic nitrogens is 2.